The zero-order valence-corrected chi connectivity index (χ0v) is 12.5. The van der Waals surface area contributed by atoms with Crippen molar-refractivity contribution in [1.82, 2.24) is 4.31 Å². The molecule has 2 heterocycles. The number of nitrogens with zero attached hydrogens (tertiary/aromatic N) is 1. The van der Waals surface area contributed by atoms with E-state index >= 15 is 0 Å². The molecule has 6 heteroatoms. The van der Waals surface area contributed by atoms with Crippen LogP contribution in [0.1, 0.15) is 29.6 Å². The van der Waals surface area contributed by atoms with E-state index in [-0.39, 0.29) is 17.0 Å². The lowest BCUT2D eigenvalue weighted by atomic mass is 10.2. The molecule has 5 nitrogen and oxygen atoms in total. The minimum Gasteiger partial charge on any atom is -0.465 e. The molecule has 0 spiro atoms. The molecule has 1 aromatic rings. The topological polar surface area (TPSA) is 63.7 Å². The molecular formula is C15H17NO4S. The number of sulfonamides is 1. The average Bonchev–Trinajstić information content (AvgIpc) is 2.78. The van der Waals surface area contributed by atoms with Gasteiger partial charge in [-0.05, 0) is 43.5 Å². The molecule has 3 rings (SSSR count). The van der Waals surface area contributed by atoms with Crippen LogP contribution in [0.5, 0.6) is 0 Å². The summed E-state index contributed by atoms with van der Waals surface area (Å²) in [4.78, 5) is 11.6. The first-order chi connectivity index (χ1) is 10.0. The number of ether oxygens (including phenoxy) is 1. The monoisotopic (exact) mass is 307 g/mol. The summed E-state index contributed by atoms with van der Waals surface area (Å²) in [6.45, 7) is 0. The zero-order chi connectivity index (χ0) is 15.0. The number of benzene rings is 1. The highest BCUT2D eigenvalue weighted by atomic mass is 32.2. The summed E-state index contributed by atoms with van der Waals surface area (Å²) >= 11 is 0. The highest BCUT2D eigenvalue weighted by molar-refractivity contribution is 7.89. The van der Waals surface area contributed by atoms with Gasteiger partial charge >= 0.3 is 5.97 Å². The Morgan fingerprint density at radius 2 is 1.95 bits per heavy atom. The number of methoxy groups -OCH3 is 1. The molecule has 2 unspecified atom stereocenters. The lowest BCUT2D eigenvalue weighted by Gasteiger charge is -2.30. The van der Waals surface area contributed by atoms with Gasteiger partial charge in [-0.25, -0.2) is 13.2 Å². The average molecular weight is 307 g/mol. The number of esters is 1. The van der Waals surface area contributed by atoms with Gasteiger partial charge in [-0.2, -0.15) is 4.31 Å². The SMILES string of the molecule is COC(=O)c1ccc(S(=O)(=O)N2C3C=CCC2CC3)cc1. The Labute approximate surface area is 124 Å². The molecule has 0 saturated carbocycles. The third-order valence-electron chi connectivity index (χ3n) is 4.10. The van der Waals surface area contributed by atoms with Gasteiger partial charge in [0.05, 0.1) is 17.6 Å². The summed E-state index contributed by atoms with van der Waals surface area (Å²) in [5, 5.41) is 0. The van der Waals surface area contributed by atoms with Gasteiger partial charge in [0.2, 0.25) is 10.0 Å². The largest absolute Gasteiger partial charge is 0.465 e. The second-order valence-corrected chi connectivity index (χ2v) is 7.16. The van der Waals surface area contributed by atoms with Crippen molar-refractivity contribution in [3.63, 3.8) is 0 Å². The van der Waals surface area contributed by atoms with E-state index in [2.05, 4.69) is 10.8 Å². The molecule has 1 fully saturated rings. The second-order valence-electron chi connectivity index (χ2n) is 5.31. The molecule has 1 aromatic carbocycles. The van der Waals surface area contributed by atoms with Crippen LogP contribution in [-0.2, 0) is 14.8 Å². The van der Waals surface area contributed by atoms with Crippen LogP contribution >= 0.6 is 0 Å². The highest BCUT2D eigenvalue weighted by Gasteiger charge is 2.42. The van der Waals surface area contributed by atoms with Gasteiger partial charge < -0.3 is 4.74 Å². The van der Waals surface area contributed by atoms with Crippen LogP contribution in [0.3, 0.4) is 0 Å². The first-order valence-corrected chi connectivity index (χ1v) is 8.36. The second kappa shape index (κ2) is 5.27. The smallest absolute Gasteiger partial charge is 0.337 e. The third-order valence-corrected chi connectivity index (χ3v) is 6.09. The quantitative estimate of drug-likeness (QED) is 0.632. The van der Waals surface area contributed by atoms with E-state index in [0.29, 0.717) is 5.56 Å². The van der Waals surface area contributed by atoms with E-state index in [1.807, 2.05) is 6.08 Å². The number of rotatable bonds is 3. The zero-order valence-electron chi connectivity index (χ0n) is 11.7. The fraction of sp³-hybridized carbons (Fsp3) is 0.400. The van der Waals surface area contributed by atoms with Gasteiger partial charge in [0.1, 0.15) is 0 Å². The number of hydrogen-bond acceptors (Lipinski definition) is 4. The van der Waals surface area contributed by atoms with E-state index in [1.54, 1.807) is 4.31 Å². The molecule has 2 aliphatic rings. The van der Waals surface area contributed by atoms with Crippen molar-refractivity contribution >= 4 is 16.0 Å². The van der Waals surface area contributed by atoms with Crippen molar-refractivity contribution in [3.8, 4) is 0 Å². The van der Waals surface area contributed by atoms with Crippen molar-refractivity contribution in [1.29, 1.82) is 0 Å². The van der Waals surface area contributed by atoms with Gasteiger partial charge in [-0.1, -0.05) is 12.2 Å². The number of carbonyl (C=O) groups excluding carboxylic acids is 1. The Kier molecular flexibility index (Phi) is 3.59. The summed E-state index contributed by atoms with van der Waals surface area (Å²) < 4.78 is 31.8. The van der Waals surface area contributed by atoms with Gasteiger partial charge in [-0.15, -0.1) is 0 Å². The van der Waals surface area contributed by atoms with Crippen molar-refractivity contribution in [2.24, 2.45) is 0 Å². The minimum atomic E-state index is -3.52. The van der Waals surface area contributed by atoms with Crippen LogP contribution in [0, 0.1) is 0 Å². The van der Waals surface area contributed by atoms with Crippen LogP contribution in [0.15, 0.2) is 41.3 Å². The normalized spacial score (nSPS) is 25.0. The van der Waals surface area contributed by atoms with Crippen molar-refractivity contribution in [3.05, 3.63) is 42.0 Å². The van der Waals surface area contributed by atoms with Crippen LogP contribution < -0.4 is 0 Å². The highest BCUT2D eigenvalue weighted by Crippen LogP contribution is 2.36. The first-order valence-electron chi connectivity index (χ1n) is 6.92. The third kappa shape index (κ3) is 2.38. The Morgan fingerprint density at radius 3 is 2.57 bits per heavy atom. The Hall–Kier alpha value is -1.66. The maximum atomic E-state index is 12.8. The molecule has 21 heavy (non-hydrogen) atoms. The van der Waals surface area contributed by atoms with Gasteiger partial charge in [0.15, 0.2) is 0 Å². The molecule has 0 radical (unpaired) electrons. The molecular weight excluding hydrogens is 290 g/mol. The Balaban J connectivity index is 1.92. The van der Waals surface area contributed by atoms with Gasteiger partial charge in [0, 0.05) is 12.1 Å². The van der Waals surface area contributed by atoms with Crippen molar-refractivity contribution < 1.29 is 17.9 Å². The lowest BCUT2D eigenvalue weighted by Crippen LogP contribution is -2.41. The van der Waals surface area contributed by atoms with E-state index in [9.17, 15) is 13.2 Å². The predicted molar refractivity (Wildman–Crippen MR) is 77.4 cm³/mol. The summed E-state index contributed by atoms with van der Waals surface area (Å²) in [6.07, 6.45) is 6.59. The molecule has 2 atom stereocenters. The van der Waals surface area contributed by atoms with Crippen LogP contribution in [0.25, 0.3) is 0 Å². The van der Waals surface area contributed by atoms with Crippen molar-refractivity contribution in [2.45, 2.75) is 36.2 Å². The maximum absolute atomic E-state index is 12.8. The summed E-state index contributed by atoms with van der Waals surface area (Å²) in [5.41, 5.74) is 0.345. The fourth-order valence-electron chi connectivity index (χ4n) is 3.06. The Morgan fingerprint density at radius 1 is 1.24 bits per heavy atom. The molecule has 2 aliphatic heterocycles. The van der Waals surface area contributed by atoms with Gasteiger partial charge in [-0.3, -0.25) is 0 Å². The number of hydrogen-bond donors (Lipinski definition) is 0. The van der Waals surface area contributed by atoms with E-state index in [1.165, 1.54) is 31.4 Å². The molecule has 2 bridgehead atoms. The van der Waals surface area contributed by atoms with E-state index in [0.717, 1.165) is 19.3 Å². The van der Waals surface area contributed by atoms with Crippen LogP contribution in [0.4, 0.5) is 0 Å². The fourth-order valence-corrected chi connectivity index (χ4v) is 4.90. The van der Waals surface area contributed by atoms with Crippen molar-refractivity contribution in [2.75, 3.05) is 7.11 Å². The van der Waals surface area contributed by atoms with E-state index < -0.39 is 16.0 Å². The number of fused-ring (bicyclic) bond motifs is 2. The summed E-state index contributed by atoms with van der Waals surface area (Å²) in [5.74, 6) is -0.472. The van der Waals surface area contributed by atoms with Gasteiger partial charge in [0.25, 0.3) is 0 Å². The predicted octanol–water partition coefficient (Wildman–Crippen LogP) is 1.95. The molecule has 0 aromatic heterocycles. The Bertz CT molecular complexity index is 678. The van der Waals surface area contributed by atoms with Crippen LogP contribution in [0.2, 0.25) is 0 Å². The molecule has 0 aliphatic carbocycles. The van der Waals surface area contributed by atoms with Crippen LogP contribution in [-0.4, -0.2) is 37.9 Å². The standard InChI is InChI=1S/C15H17NO4S/c1-20-15(17)11-5-9-14(10-6-11)21(18,19)16-12-3-2-4-13(16)8-7-12/h2-3,5-6,9-10,12-13H,4,7-8H2,1H3. The van der Waals surface area contributed by atoms with E-state index in [4.69, 9.17) is 0 Å². The molecule has 1 saturated heterocycles. The molecule has 112 valence electrons. The lowest BCUT2D eigenvalue weighted by molar-refractivity contribution is 0.0600. The first kappa shape index (κ1) is 14.3. The molecule has 0 N–H and O–H groups in total. The maximum Gasteiger partial charge on any atom is 0.337 e. The molecule has 0 amide bonds. The minimum absolute atomic E-state index is 0.0333. The summed E-state index contributed by atoms with van der Waals surface area (Å²) in [7, 11) is -2.22. The summed E-state index contributed by atoms with van der Waals surface area (Å²) in [6, 6.07) is 5.94. The number of carbonyl (C=O) groups is 1.